The number of methoxy groups -OCH3 is 1. The molecule has 2 aromatic carbocycles. The number of urea groups is 1. The number of carbonyl (C=O) groups excluding carboxylic acids is 1. The number of benzene rings is 2. The van der Waals surface area contributed by atoms with Crippen LogP contribution in [0, 0.1) is 0 Å². The largest absolute Gasteiger partial charge is 0.495 e. The molecule has 2 amide bonds. The van der Waals surface area contributed by atoms with Gasteiger partial charge in [-0.25, -0.2) is 4.79 Å². The highest BCUT2D eigenvalue weighted by Gasteiger charge is 2.19. The molecule has 2 N–H and O–H groups in total. The number of para-hydroxylation sites is 2. The number of nitrogens with one attached hydrogen (secondary N) is 2. The van der Waals surface area contributed by atoms with Crippen LogP contribution in [0.5, 0.6) is 11.5 Å². The molecular formula is C24H34N4O3. The van der Waals surface area contributed by atoms with E-state index in [4.69, 9.17) is 9.47 Å². The van der Waals surface area contributed by atoms with E-state index in [0.29, 0.717) is 6.54 Å². The first-order valence-electron chi connectivity index (χ1n) is 11.0. The summed E-state index contributed by atoms with van der Waals surface area (Å²) in [6, 6.07) is 15.9. The molecule has 7 heteroatoms. The van der Waals surface area contributed by atoms with Crippen molar-refractivity contribution >= 4 is 11.7 Å². The van der Waals surface area contributed by atoms with Crippen LogP contribution in [0.15, 0.2) is 48.5 Å². The Morgan fingerprint density at radius 1 is 1.00 bits per heavy atom. The van der Waals surface area contributed by atoms with Crippen LogP contribution in [0.25, 0.3) is 0 Å². The van der Waals surface area contributed by atoms with Gasteiger partial charge in [-0.05, 0) is 49.2 Å². The second-order valence-electron chi connectivity index (χ2n) is 7.63. The highest BCUT2D eigenvalue weighted by molar-refractivity contribution is 5.73. The molecular weight excluding hydrogens is 392 g/mol. The second kappa shape index (κ2) is 12.1. The molecule has 0 aliphatic carbocycles. The van der Waals surface area contributed by atoms with E-state index in [1.807, 2.05) is 36.4 Å². The van der Waals surface area contributed by atoms with Crippen LogP contribution in [0.4, 0.5) is 10.5 Å². The minimum absolute atomic E-state index is 0.179. The molecule has 1 aliphatic heterocycles. The molecule has 0 radical (unpaired) electrons. The molecule has 1 saturated heterocycles. The molecule has 2 aromatic rings. The molecule has 168 valence electrons. The standard InChI is InChI=1S/C24H34N4O3/c1-25-24(29)26-19-20-9-11-21(12-10-20)31-18-6-5-13-27-14-16-28(17-15-27)22-7-3-4-8-23(22)30-2/h3-4,7-12H,5-6,13-19H2,1-2H3,(H2,25,26,29). The van der Waals surface area contributed by atoms with Gasteiger partial charge in [0.05, 0.1) is 19.4 Å². The zero-order valence-electron chi connectivity index (χ0n) is 18.6. The third-order valence-electron chi connectivity index (χ3n) is 5.54. The van der Waals surface area contributed by atoms with Crippen molar-refractivity contribution in [3.8, 4) is 11.5 Å². The summed E-state index contributed by atoms with van der Waals surface area (Å²) in [6.45, 7) is 6.53. The number of hydrogen-bond donors (Lipinski definition) is 2. The lowest BCUT2D eigenvalue weighted by molar-refractivity contribution is 0.238. The summed E-state index contributed by atoms with van der Waals surface area (Å²) in [6.07, 6.45) is 2.16. The van der Waals surface area contributed by atoms with Gasteiger partial charge in [-0.2, -0.15) is 0 Å². The summed E-state index contributed by atoms with van der Waals surface area (Å²) in [5, 5.41) is 5.31. The number of carbonyl (C=O) groups is 1. The monoisotopic (exact) mass is 426 g/mol. The molecule has 1 aliphatic rings. The van der Waals surface area contributed by atoms with E-state index in [-0.39, 0.29) is 6.03 Å². The quantitative estimate of drug-likeness (QED) is 0.572. The van der Waals surface area contributed by atoms with Crippen molar-refractivity contribution in [2.75, 3.05) is 58.4 Å². The molecule has 1 heterocycles. The number of anilines is 1. The number of unbranched alkanes of at least 4 members (excludes halogenated alkanes) is 1. The van der Waals surface area contributed by atoms with Gasteiger partial charge in [-0.15, -0.1) is 0 Å². The fourth-order valence-corrected chi connectivity index (χ4v) is 3.71. The Morgan fingerprint density at radius 3 is 2.45 bits per heavy atom. The van der Waals surface area contributed by atoms with Crippen LogP contribution in [0.3, 0.4) is 0 Å². The van der Waals surface area contributed by atoms with Gasteiger partial charge in [-0.1, -0.05) is 24.3 Å². The Balaban J connectivity index is 1.29. The lowest BCUT2D eigenvalue weighted by atomic mass is 10.2. The van der Waals surface area contributed by atoms with Crippen molar-refractivity contribution in [1.29, 1.82) is 0 Å². The van der Waals surface area contributed by atoms with E-state index in [9.17, 15) is 4.79 Å². The van der Waals surface area contributed by atoms with Crippen molar-refractivity contribution in [2.24, 2.45) is 0 Å². The van der Waals surface area contributed by atoms with Gasteiger partial charge in [0.2, 0.25) is 0 Å². The van der Waals surface area contributed by atoms with Gasteiger partial charge in [0.15, 0.2) is 0 Å². The van der Waals surface area contributed by atoms with Crippen LogP contribution in [-0.2, 0) is 6.54 Å². The van der Waals surface area contributed by atoms with E-state index >= 15 is 0 Å². The molecule has 0 saturated carbocycles. The van der Waals surface area contributed by atoms with Gasteiger partial charge in [0, 0.05) is 39.8 Å². The van der Waals surface area contributed by atoms with Crippen LogP contribution in [0.2, 0.25) is 0 Å². The number of ether oxygens (including phenoxy) is 2. The first-order valence-corrected chi connectivity index (χ1v) is 11.0. The summed E-state index contributed by atoms with van der Waals surface area (Å²) < 4.78 is 11.4. The Kier molecular flexibility index (Phi) is 8.84. The van der Waals surface area contributed by atoms with Crippen LogP contribution >= 0.6 is 0 Å². The number of hydrogen-bond acceptors (Lipinski definition) is 5. The lowest BCUT2D eigenvalue weighted by Crippen LogP contribution is -2.46. The summed E-state index contributed by atoms with van der Waals surface area (Å²) in [5.41, 5.74) is 2.23. The Morgan fingerprint density at radius 2 is 1.74 bits per heavy atom. The minimum atomic E-state index is -0.179. The molecule has 3 rings (SSSR count). The third-order valence-corrected chi connectivity index (χ3v) is 5.54. The maximum atomic E-state index is 11.2. The van der Waals surface area contributed by atoms with E-state index < -0.39 is 0 Å². The molecule has 7 nitrogen and oxygen atoms in total. The van der Waals surface area contributed by atoms with Crippen LogP contribution in [-0.4, -0.2) is 64.4 Å². The van der Waals surface area contributed by atoms with Crippen LogP contribution < -0.4 is 25.0 Å². The summed E-state index contributed by atoms with van der Waals surface area (Å²) in [5.74, 6) is 1.82. The number of rotatable bonds is 10. The normalized spacial score (nSPS) is 14.2. The SMILES string of the molecule is CNC(=O)NCc1ccc(OCCCCN2CCN(c3ccccc3OC)CC2)cc1. The Bertz CT molecular complexity index is 805. The van der Waals surface area contributed by atoms with Gasteiger partial charge in [-0.3, -0.25) is 4.90 Å². The third kappa shape index (κ3) is 7.07. The van der Waals surface area contributed by atoms with Gasteiger partial charge in [0.1, 0.15) is 11.5 Å². The first kappa shape index (κ1) is 22.7. The van der Waals surface area contributed by atoms with Crippen molar-refractivity contribution < 1.29 is 14.3 Å². The second-order valence-corrected chi connectivity index (χ2v) is 7.63. The van der Waals surface area contributed by atoms with Gasteiger partial charge >= 0.3 is 6.03 Å². The summed E-state index contributed by atoms with van der Waals surface area (Å²) >= 11 is 0. The number of amides is 2. The van der Waals surface area contributed by atoms with Crippen molar-refractivity contribution in [1.82, 2.24) is 15.5 Å². The average Bonchev–Trinajstić information content (AvgIpc) is 2.83. The zero-order valence-corrected chi connectivity index (χ0v) is 18.6. The highest BCUT2D eigenvalue weighted by Crippen LogP contribution is 2.28. The first-order chi connectivity index (χ1) is 15.2. The molecule has 31 heavy (non-hydrogen) atoms. The zero-order chi connectivity index (χ0) is 21.9. The maximum absolute atomic E-state index is 11.2. The predicted molar refractivity (Wildman–Crippen MR) is 124 cm³/mol. The van der Waals surface area contributed by atoms with Gasteiger partial charge in [0.25, 0.3) is 0 Å². The Labute approximate surface area is 185 Å². The van der Waals surface area contributed by atoms with E-state index in [1.54, 1.807) is 14.2 Å². The number of nitrogens with zero attached hydrogens (tertiary/aromatic N) is 2. The topological polar surface area (TPSA) is 66.1 Å². The fraction of sp³-hybridized carbons (Fsp3) is 0.458. The molecule has 0 atom stereocenters. The molecule has 0 unspecified atom stereocenters. The summed E-state index contributed by atoms with van der Waals surface area (Å²) in [4.78, 5) is 16.2. The predicted octanol–water partition coefficient (Wildman–Crippen LogP) is 3.11. The smallest absolute Gasteiger partial charge is 0.314 e. The molecule has 1 fully saturated rings. The van der Waals surface area contributed by atoms with Crippen molar-refractivity contribution in [3.05, 3.63) is 54.1 Å². The molecule has 0 aromatic heterocycles. The van der Waals surface area contributed by atoms with E-state index in [0.717, 1.165) is 69.2 Å². The Hall–Kier alpha value is -2.93. The summed E-state index contributed by atoms with van der Waals surface area (Å²) in [7, 11) is 3.34. The molecule has 0 spiro atoms. The van der Waals surface area contributed by atoms with E-state index in [1.165, 1.54) is 5.69 Å². The highest BCUT2D eigenvalue weighted by atomic mass is 16.5. The fourth-order valence-electron chi connectivity index (χ4n) is 3.71. The minimum Gasteiger partial charge on any atom is -0.495 e. The van der Waals surface area contributed by atoms with Crippen molar-refractivity contribution in [2.45, 2.75) is 19.4 Å². The van der Waals surface area contributed by atoms with E-state index in [2.05, 4.69) is 32.6 Å². The average molecular weight is 427 g/mol. The van der Waals surface area contributed by atoms with Gasteiger partial charge < -0.3 is 25.0 Å². The maximum Gasteiger partial charge on any atom is 0.314 e. The number of piperazine rings is 1. The molecule has 0 bridgehead atoms. The van der Waals surface area contributed by atoms with Crippen molar-refractivity contribution in [3.63, 3.8) is 0 Å². The van der Waals surface area contributed by atoms with Crippen LogP contribution in [0.1, 0.15) is 18.4 Å². The lowest BCUT2D eigenvalue weighted by Gasteiger charge is -2.36.